The molecule has 2 nitrogen and oxygen atoms in total. The first-order valence-corrected chi connectivity index (χ1v) is 18.5. The predicted octanol–water partition coefficient (Wildman–Crippen LogP) is 6.90. The van der Waals surface area contributed by atoms with Gasteiger partial charge in [0, 0.05) is 0 Å². The van der Waals surface area contributed by atoms with Gasteiger partial charge in [-0.2, -0.15) is 0 Å². The van der Waals surface area contributed by atoms with E-state index in [0.717, 1.165) is 6.61 Å². The van der Waals surface area contributed by atoms with Crippen molar-refractivity contribution in [3.63, 3.8) is 0 Å². The van der Waals surface area contributed by atoms with Crippen molar-refractivity contribution in [2.24, 2.45) is 0 Å². The van der Waals surface area contributed by atoms with Gasteiger partial charge in [0.1, 0.15) is 0 Å². The summed E-state index contributed by atoms with van der Waals surface area (Å²) >= 11 is -2.54. The average Bonchev–Trinajstić information content (AvgIpc) is 2.71. The summed E-state index contributed by atoms with van der Waals surface area (Å²) in [4.78, 5) is 0. The summed E-state index contributed by atoms with van der Waals surface area (Å²) in [7, 11) is 0. The second-order valence-electron chi connectivity index (χ2n) is 7.99. The van der Waals surface area contributed by atoms with Crippen LogP contribution in [0.3, 0.4) is 0 Å². The molecule has 1 aromatic carbocycles. The van der Waals surface area contributed by atoms with Crippen molar-refractivity contribution >= 4 is 18.4 Å². The van der Waals surface area contributed by atoms with Crippen molar-refractivity contribution < 1.29 is 9.84 Å². The van der Waals surface area contributed by atoms with Crippen molar-refractivity contribution in [2.45, 2.75) is 86.1 Å². The van der Waals surface area contributed by atoms with Gasteiger partial charge in [-0.05, 0) is 0 Å². The SMILES string of the molecule is CCC[CH2][Sn]([CH2]CCC)([CH2]CCC)/[C](COCc1ccccc1)=C(\C)CO. The van der Waals surface area contributed by atoms with Crippen LogP contribution in [0.15, 0.2) is 39.5 Å². The van der Waals surface area contributed by atoms with Gasteiger partial charge in [-0.15, -0.1) is 0 Å². The molecule has 1 aromatic rings. The molecule has 1 rings (SSSR count). The topological polar surface area (TPSA) is 29.5 Å². The third-order valence-corrected chi connectivity index (χ3v) is 22.3. The Kier molecular flexibility index (Phi) is 13.4. The maximum absolute atomic E-state index is 9.98. The Balaban J connectivity index is 3.04. The zero-order valence-corrected chi connectivity index (χ0v) is 21.1. The first-order chi connectivity index (χ1) is 13.1. The third kappa shape index (κ3) is 8.70. The maximum atomic E-state index is 9.98. The van der Waals surface area contributed by atoms with Gasteiger partial charge in [-0.3, -0.25) is 0 Å². The second kappa shape index (κ2) is 14.6. The Hall–Kier alpha value is -0.321. The first kappa shape index (κ1) is 24.7. The summed E-state index contributed by atoms with van der Waals surface area (Å²) in [5, 5.41) is 9.98. The molecule has 0 aliphatic heterocycles. The van der Waals surface area contributed by atoms with Gasteiger partial charge in [-0.25, -0.2) is 0 Å². The Labute approximate surface area is 172 Å². The van der Waals surface area contributed by atoms with E-state index >= 15 is 0 Å². The summed E-state index contributed by atoms with van der Waals surface area (Å²) in [5.74, 6) is 0. The van der Waals surface area contributed by atoms with Gasteiger partial charge in [0.15, 0.2) is 0 Å². The number of aliphatic hydroxyl groups excluding tert-OH is 1. The molecule has 0 saturated heterocycles. The van der Waals surface area contributed by atoms with Crippen LogP contribution in [0.5, 0.6) is 0 Å². The Morgan fingerprint density at radius 2 is 1.41 bits per heavy atom. The summed E-state index contributed by atoms with van der Waals surface area (Å²) in [6.07, 6.45) is 7.83. The molecule has 1 N–H and O–H groups in total. The number of rotatable bonds is 15. The van der Waals surface area contributed by atoms with E-state index in [1.807, 2.05) is 6.07 Å². The number of benzene rings is 1. The molecule has 27 heavy (non-hydrogen) atoms. The van der Waals surface area contributed by atoms with E-state index in [9.17, 15) is 5.11 Å². The standard InChI is InChI=1S/C12H15O2.3C4H9.Sn/c1-11(9-13)7-8-14-10-12-5-3-2-4-6-12;3*1-3-4-2;/h2-6,13H,8-10H2,1H3;3*1,3-4H2,2H3;. The monoisotopic (exact) mass is 482 g/mol. The Morgan fingerprint density at radius 1 is 0.889 bits per heavy atom. The predicted molar refractivity (Wildman–Crippen MR) is 121 cm³/mol. The van der Waals surface area contributed by atoms with E-state index in [2.05, 4.69) is 52.0 Å². The van der Waals surface area contributed by atoms with Gasteiger partial charge in [0.25, 0.3) is 0 Å². The molecule has 3 heteroatoms. The molecule has 0 aliphatic rings. The summed E-state index contributed by atoms with van der Waals surface area (Å²) < 4.78 is 12.1. The van der Waals surface area contributed by atoms with Crippen LogP contribution < -0.4 is 0 Å². The normalized spacial score (nSPS) is 12.9. The minimum atomic E-state index is -2.54. The van der Waals surface area contributed by atoms with Crippen LogP contribution in [-0.2, 0) is 11.3 Å². The average molecular weight is 481 g/mol. The molecule has 0 aromatic heterocycles. The number of hydrogen-bond acceptors (Lipinski definition) is 2. The molecule has 0 radical (unpaired) electrons. The molecule has 0 heterocycles. The molecule has 0 spiro atoms. The van der Waals surface area contributed by atoms with Crippen LogP contribution in [-0.4, -0.2) is 36.7 Å². The van der Waals surface area contributed by atoms with E-state index in [-0.39, 0.29) is 6.61 Å². The van der Waals surface area contributed by atoms with Crippen molar-refractivity contribution in [1.82, 2.24) is 0 Å². The fourth-order valence-corrected chi connectivity index (χ4v) is 21.6. The van der Waals surface area contributed by atoms with Gasteiger partial charge in [0.05, 0.1) is 0 Å². The number of aliphatic hydroxyl groups is 1. The Morgan fingerprint density at radius 3 is 1.85 bits per heavy atom. The van der Waals surface area contributed by atoms with Crippen LogP contribution in [0.2, 0.25) is 13.3 Å². The summed E-state index contributed by atoms with van der Waals surface area (Å²) in [6, 6.07) is 10.4. The number of unbranched alkanes of at least 4 members (excludes halogenated alkanes) is 3. The van der Waals surface area contributed by atoms with Crippen LogP contribution in [0.1, 0.15) is 71.8 Å². The molecular weight excluding hydrogens is 439 g/mol. The van der Waals surface area contributed by atoms with Gasteiger partial charge in [0.2, 0.25) is 0 Å². The zero-order chi connectivity index (χ0) is 20.0. The van der Waals surface area contributed by atoms with Crippen molar-refractivity contribution in [2.75, 3.05) is 13.2 Å². The molecule has 0 amide bonds. The molecule has 154 valence electrons. The molecule has 0 fully saturated rings. The molecule has 0 atom stereocenters. The molecule has 0 saturated carbocycles. The van der Waals surface area contributed by atoms with Crippen LogP contribution in [0.25, 0.3) is 0 Å². The van der Waals surface area contributed by atoms with Crippen LogP contribution in [0.4, 0.5) is 0 Å². The number of ether oxygens (including phenoxy) is 1. The fraction of sp³-hybridized carbons (Fsp3) is 0.667. The minimum absolute atomic E-state index is 0.188. The van der Waals surface area contributed by atoms with Gasteiger partial charge >= 0.3 is 173 Å². The van der Waals surface area contributed by atoms with Gasteiger partial charge in [-0.1, -0.05) is 0 Å². The van der Waals surface area contributed by atoms with E-state index in [0.29, 0.717) is 6.61 Å². The zero-order valence-electron chi connectivity index (χ0n) is 18.2. The van der Waals surface area contributed by atoms with Crippen molar-refractivity contribution in [3.8, 4) is 0 Å². The fourth-order valence-electron chi connectivity index (χ4n) is 4.04. The van der Waals surface area contributed by atoms with Crippen LogP contribution in [0, 0.1) is 0 Å². The molecule has 0 aliphatic carbocycles. The van der Waals surface area contributed by atoms with Crippen molar-refractivity contribution in [3.05, 3.63) is 45.1 Å². The number of hydrogen-bond donors (Lipinski definition) is 1. The quantitative estimate of drug-likeness (QED) is 0.276. The summed E-state index contributed by atoms with van der Waals surface area (Å²) in [6.45, 7) is 10.7. The van der Waals surface area contributed by atoms with E-state index in [1.54, 1.807) is 3.59 Å². The first-order valence-electron chi connectivity index (χ1n) is 11.0. The third-order valence-electron chi connectivity index (χ3n) is 5.78. The molecule has 0 unspecified atom stereocenters. The molecular formula is C24H42O2Sn. The van der Waals surface area contributed by atoms with Crippen molar-refractivity contribution in [1.29, 1.82) is 0 Å². The van der Waals surface area contributed by atoms with E-state index in [1.165, 1.54) is 63.0 Å². The second-order valence-corrected chi connectivity index (χ2v) is 21.3. The van der Waals surface area contributed by atoms with Crippen LogP contribution >= 0.6 is 0 Å². The molecule has 0 bridgehead atoms. The van der Waals surface area contributed by atoms with E-state index in [4.69, 9.17) is 4.74 Å². The van der Waals surface area contributed by atoms with Gasteiger partial charge < -0.3 is 0 Å². The summed E-state index contributed by atoms with van der Waals surface area (Å²) in [5.41, 5.74) is 2.44. The Bertz CT molecular complexity index is 503. The van der Waals surface area contributed by atoms with E-state index < -0.39 is 18.4 Å².